The van der Waals surface area contributed by atoms with Crippen molar-refractivity contribution in [3.8, 4) is 0 Å². The SMILES string of the molecule is CCC1(CCNC)CCN1C(C)C. The quantitative estimate of drug-likeness (QED) is 0.701. The van der Waals surface area contributed by atoms with Gasteiger partial charge in [-0.2, -0.15) is 0 Å². The summed E-state index contributed by atoms with van der Waals surface area (Å²) in [5.41, 5.74) is 0.525. The minimum absolute atomic E-state index is 0.525. The molecule has 0 aromatic carbocycles. The molecule has 1 fully saturated rings. The number of nitrogens with one attached hydrogen (secondary N) is 1. The van der Waals surface area contributed by atoms with Crippen molar-refractivity contribution >= 4 is 0 Å². The van der Waals surface area contributed by atoms with E-state index in [-0.39, 0.29) is 0 Å². The van der Waals surface area contributed by atoms with E-state index in [4.69, 9.17) is 0 Å². The largest absolute Gasteiger partial charge is 0.320 e. The van der Waals surface area contributed by atoms with Gasteiger partial charge in [-0.1, -0.05) is 6.92 Å². The van der Waals surface area contributed by atoms with E-state index in [9.17, 15) is 0 Å². The molecule has 1 N–H and O–H groups in total. The fraction of sp³-hybridized carbons (Fsp3) is 1.00. The molecule has 1 heterocycles. The van der Waals surface area contributed by atoms with Crippen molar-refractivity contribution in [2.75, 3.05) is 20.1 Å². The molecule has 0 aromatic rings. The van der Waals surface area contributed by atoms with Gasteiger partial charge in [0, 0.05) is 18.1 Å². The fourth-order valence-corrected chi connectivity index (χ4v) is 2.55. The Bertz CT molecular complexity index is 152. The van der Waals surface area contributed by atoms with Crippen molar-refractivity contribution in [3.05, 3.63) is 0 Å². The molecule has 78 valence electrons. The van der Waals surface area contributed by atoms with E-state index < -0.39 is 0 Å². The minimum atomic E-state index is 0.525. The highest BCUT2D eigenvalue weighted by atomic mass is 15.3. The molecule has 1 unspecified atom stereocenters. The van der Waals surface area contributed by atoms with Crippen molar-refractivity contribution in [1.29, 1.82) is 0 Å². The Morgan fingerprint density at radius 1 is 1.46 bits per heavy atom. The smallest absolute Gasteiger partial charge is 0.0233 e. The summed E-state index contributed by atoms with van der Waals surface area (Å²) in [6.45, 7) is 9.39. The first-order valence-corrected chi connectivity index (χ1v) is 5.57. The number of hydrogen-bond donors (Lipinski definition) is 1. The van der Waals surface area contributed by atoms with Crippen LogP contribution < -0.4 is 5.32 Å². The van der Waals surface area contributed by atoms with Crippen LogP contribution in [0.4, 0.5) is 0 Å². The van der Waals surface area contributed by atoms with Gasteiger partial charge >= 0.3 is 0 Å². The van der Waals surface area contributed by atoms with Crippen molar-refractivity contribution in [2.24, 2.45) is 0 Å². The third kappa shape index (κ3) is 2.05. The van der Waals surface area contributed by atoms with Gasteiger partial charge in [-0.3, -0.25) is 4.90 Å². The molecule has 0 radical (unpaired) electrons. The van der Waals surface area contributed by atoms with Crippen molar-refractivity contribution < 1.29 is 0 Å². The van der Waals surface area contributed by atoms with Gasteiger partial charge in [0.2, 0.25) is 0 Å². The zero-order chi connectivity index (χ0) is 9.90. The summed E-state index contributed by atoms with van der Waals surface area (Å²) in [6.07, 6.45) is 3.99. The monoisotopic (exact) mass is 184 g/mol. The molecule has 0 spiro atoms. The molecular weight excluding hydrogens is 160 g/mol. The lowest BCUT2D eigenvalue weighted by molar-refractivity contribution is -0.0481. The molecule has 2 nitrogen and oxygen atoms in total. The molecule has 1 aliphatic heterocycles. The van der Waals surface area contributed by atoms with Crippen LogP contribution in [0, 0.1) is 0 Å². The lowest BCUT2D eigenvalue weighted by Gasteiger charge is -2.55. The minimum Gasteiger partial charge on any atom is -0.320 e. The third-order valence-electron chi connectivity index (χ3n) is 3.55. The van der Waals surface area contributed by atoms with Crippen LogP contribution in [0.3, 0.4) is 0 Å². The van der Waals surface area contributed by atoms with E-state index in [1.807, 2.05) is 7.05 Å². The first kappa shape index (κ1) is 11.0. The zero-order valence-corrected chi connectivity index (χ0v) is 9.56. The van der Waals surface area contributed by atoms with Gasteiger partial charge in [-0.05, 0) is 46.7 Å². The van der Waals surface area contributed by atoms with Crippen LogP contribution in [-0.4, -0.2) is 36.6 Å². The lowest BCUT2D eigenvalue weighted by Crippen LogP contribution is -2.62. The van der Waals surface area contributed by atoms with Crippen molar-refractivity contribution in [1.82, 2.24) is 10.2 Å². The highest BCUT2D eigenvalue weighted by Gasteiger charge is 2.43. The van der Waals surface area contributed by atoms with Crippen LogP contribution in [0.1, 0.15) is 40.0 Å². The van der Waals surface area contributed by atoms with Gasteiger partial charge in [0.15, 0.2) is 0 Å². The van der Waals surface area contributed by atoms with Crippen molar-refractivity contribution in [3.63, 3.8) is 0 Å². The summed E-state index contributed by atoms with van der Waals surface area (Å²) in [6, 6.07) is 0.713. The maximum absolute atomic E-state index is 3.26. The van der Waals surface area contributed by atoms with Crippen LogP contribution in [0.5, 0.6) is 0 Å². The first-order valence-electron chi connectivity index (χ1n) is 5.57. The number of rotatable bonds is 5. The molecule has 1 saturated heterocycles. The second-order valence-electron chi connectivity index (χ2n) is 4.47. The molecule has 1 aliphatic rings. The molecule has 0 aliphatic carbocycles. The third-order valence-corrected chi connectivity index (χ3v) is 3.55. The van der Waals surface area contributed by atoms with E-state index in [0.29, 0.717) is 11.6 Å². The highest BCUT2D eigenvalue weighted by molar-refractivity contribution is 5.00. The molecule has 1 rings (SSSR count). The van der Waals surface area contributed by atoms with E-state index in [2.05, 4.69) is 31.0 Å². The summed E-state index contributed by atoms with van der Waals surface area (Å²) in [5.74, 6) is 0. The van der Waals surface area contributed by atoms with E-state index >= 15 is 0 Å². The Labute approximate surface area is 82.7 Å². The molecule has 13 heavy (non-hydrogen) atoms. The van der Waals surface area contributed by atoms with Crippen LogP contribution >= 0.6 is 0 Å². The average molecular weight is 184 g/mol. The van der Waals surface area contributed by atoms with Gasteiger partial charge in [-0.25, -0.2) is 0 Å². The maximum atomic E-state index is 3.26. The summed E-state index contributed by atoms with van der Waals surface area (Å²) in [7, 11) is 2.04. The number of nitrogens with zero attached hydrogens (tertiary/aromatic N) is 1. The standard InChI is InChI=1S/C11H24N2/c1-5-11(6-8-12-4)7-9-13(11)10(2)3/h10,12H,5-9H2,1-4H3. The van der Waals surface area contributed by atoms with Gasteiger partial charge in [0.25, 0.3) is 0 Å². The van der Waals surface area contributed by atoms with Gasteiger partial charge in [0.05, 0.1) is 0 Å². The highest BCUT2D eigenvalue weighted by Crippen LogP contribution is 2.38. The van der Waals surface area contributed by atoms with Crippen LogP contribution in [0.15, 0.2) is 0 Å². The van der Waals surface area contributed by atoms with Gasteiger partial charge in [0.1, 0.15) is 0 Å². The van der Waals surface area contributed by atoms with Crippen LogP contribution in [0.2, 0.25) is 0 Å². The summed E-state index contributed by atoms with van der Waals surface area (Å²) < 4.78 is 0. The molecule has 0 bridgehead atoms. The van der Waals surface area contributed by atoms with Crippen LogP contribution in [0.25, 0.3) is 0 Å². The molecule has 0 amide bonds. The summed E-state index contributed by atoms with van der Waals surface area (Å²) in [4.78, 5) is 2.66. The first-order chi connectivity index (χ1) is 6.16. The molecule has 0 saturated carbocycles. The predicted octanol–water partition coefficient (Wildman–Crippen LogP) is 1.86. The van der Waals surface area contributed by atoms with Crippen molar-refractivity contribution in [2.45, 2.75) is 51.6 Å². The Balaban J connectivity index is 2.49. The average Bonchev–Trinajstić information content (AvgIpc) is 2.03. The predicted molar refractivity (Wildman–Crippen MR) is 58.0 cm³/mol. The second-order valence-corrected chi connectivity index (χ2v) is 4.47. The van der Waals surface area contributed by atoms with E-state index in [1.165, 1.54) is 25.8 Å². The Kier molecular flexibility index (Phi) is 3.74. The topological polar surface area (TPSA) is 15.3 Å². The molecule has 1 atom stereocenters. The second kappa shape index (κ2) is 4.43. The molecule has 0 aromatic heterocycles. The fourth-order valence-electron chi connectivity index (χ4n) is 2.55. The lowest BCUT2D eigenvalue weighted by atomic mass is 9.78. The molecule has 2 heteroatoms. The zero-order valence-electron chi connectivity index (χ0n) is 9.56. The Morgan fingerprint density at radius 3 is 2.46 bits per heavy atom. The molecular formula is C11H24N2. The van der Waals surface area contributed by atoms with E-state index in [0.717, 1.165) is 6.54 Å². The Morgan fingerprint density at radius 2 is 2.15 bits per heavy atom. The van der Waals surface area contributed by atoms with Crippen LogP contribution in [-0.2, 0) is 0 Å². The normalized spacial score (nSPS) is 29.3. The van der Waals surface area contributed by atoms with Gasteiger partial charge in [-0.15, -0.1) is 0 Å². The van der Waals surface area contributed by atoms with E-state index in [1.54, 1.807) is 0 Å². The summed E-state index contributed by atoms with van der Waals surface area (Å²) >= 11 is 0. The maximum Gasteiger partial charge on any atom is 0.0233 e. The number of likely N-dealkylation sites (tertiary alicyclic amines) is 1. The number of hydrogen-bond acceptors (Lipinski definition) is 2. The Hall–Kier alpha value is -0.0800. The van der Waals surface area contributed by atoms with Gasteiger partial charge < -0.3 is 5.32 Å². The summed E-state index contributed by atoms with van der Waals surface area (Å²) in [5, 5.41) is 3.26.